The number of pyridine rings is 1. The number of rotatable bonds is 4. The Kier molecular flexibility index (Phi) is 4.57. The van der Waals surface area contributed by atoms with Crippen molar-refractivity contribution in [1.29, 1.82) is 0 Å². The molecule has 3 aromatic rings. The van der Waals surface area contributed by atoms with E-state index in [2.05, 4.69) is 68.0 Å². The molecular formula is C22H27N3S. The zero-order valence-electron chi connectivity index (χ0n) is 16.3. The third kappa shape index (κ3) is 3.17. The van der Waals surface area contributed by atoms with E-state index >= 15 is 0 Å². The van der Waals surface area contributed by atoms with E-state index in [0.29, 0.717) is 18.0 Å². The summed E-state index contributed by atoms with van der Waals surface area (Å²) in [6, 6.07) is 12.2. The van der Waals surface area contributed by atoms with Crippen LogP contribution in [0.5, 0.6) is 0 Å². The molecule has 0 atom stereocenters. The fourth-order valence-corrected chi connectivity index (χ4v) is 4.95. The number of nitrogens with zero attached hydrogens (tertiary/aromatic N) is 3. The second-order valence-corrected chi connectivity index (χ2v) is 8.96. The van der Waals surface area contributed by atoms with Gasteiger partial charge in [-0.3, -0.25) is 4.98 Å². The first-order chi connectivity index (χ1) is 12.4. The van der Waals surface area contributed by atoms with Gasteiger partial charge >= 0.3 is 0 Å². The van der Waals surface area contributed by atoms with Gasteiger partial charge < -0.3 is 4.90 Å². The van der Waals surface area contributed by atoms with Gasteiger partial charge in [0.1, 0.15) is 0 Å². The van der Waals surface area contributed by atoms with Gasteiger partial charge in [0.05, 0.1) is 15.2 Å². The van der Waals surface area contributed by atoms with Crippen LogP contribution in [0.3, 0.4) is 0 Å². The number of hydrogen-bond donors (Lipinski definition) is 0. The van der Waals surface area contributed by atoms with E-state index < -0.39 is 0 Å². The zero-order chi connectivity index (χ0) is 18.4. The fourth-order valence-electron chi connectivity index (χ4n) is 3.82. The van der Waals surface area contributed by atoms with Gasteiger partial charge in [0, 0.05) is 35.0 Å². The minimum absolute atomic E-state index is 0.616. The van der Waals surface area contributed by atoms with E-state index in [9.17, 15) is 0 Å². The summed E-state index contributed by atoms with van der Waals surface area (Å²) in [4.78, 5) is 12.0. The highest BCUT2D eigenvalue weighted by Gasteiger charge is 2.35. The van der Waals surface area contributed by atoms with Gasteiger partial charge in [-0.15, -0.1) is 11.3 Å². The fraction of sp³-hybridized carbons (Fsp3) is 0.455. The van der Waals surface area contributed by atoms with Crippen molar-refractivity contribution in [2.45, 2.75) is 58.5 Å². The standard InChI is InChI=1S/C22H27N3S/c1-13(2)25(5)18-10-17(11-18)22-24-20-9-7-16(12-21(20)26-22)19-8-6-14(3)23-15(19)4/h6-9,12-13,17-18H,10-11H2,1-5H3/t17-,18-. The van der Waals surface area contributed by atoms with Gasteiger partial charge in [-0.25, -0.2) is 4.98 Å². The molecule has 0 amide bonds. The highest BCUT2D eigenvalue weighted by Crippen LogP contribution is 2.43. The molecule has 0 aliphatic heterocycles. The van der Waals surface area contributed by atoms with E-state index in [1.54, 1.807) is 0 Å². The summed E-state index contributed by atoms with van der Waals surface area (Å²) in [6.45, 7) is 8.67. The van der Waals surface area contributed by atoms with Crippen molar-refractivity contribution < 1.29 is 0 Å². The van der Waals surface area contributed by atoms with Crippen molar-refractivity contribution in [2.24, 2.45) is 0 Å². The van der Waals surface area contributed by atoms with Gasteiger partial charge in [0.25, 0.3) is 0 Å². The van der Waals surface area contributed by atoms with Crippen LogP contribution in [-0.4, -0.2) is 34.0 Å². The molecule has 4 rings (SSSR count). The molecule has 4 heteroatoms. The molecule has 0 saturated heterocycles. The lowest BCUT2D eigenvalue weighted by Gasteiger charge is -2.42. The molecule has 0 spiro atoms. The predicted molar refractivity (Wildman–Crippen MR) is 111 cm³/mol. The lowest BCUT2D eigenvalue weighted by Crippen LogP contribution is -2.44. The van der Waals surface area contributed by atoms with Crippen LogP contribution in [0.1, 0.15) is 49.0 Å². The first-order valence-corrected chi connectivity index (χ1v) is 10.3. The summed E-state index contributed by atoms with van der Waals surface area (Å²) < 4.78 is 1.29. The van der Waals surface area contributed by atoms with Crippen LogP contribution in [-0.2, 0) is 0 Å². The molecule has 3 nitrogen and oxygen atoms in total. The monoisotopic (exact) mass is 365 g/mol. The topological polar surface area (TPSA) is 29.0 Å². The normalized spacial score (nSPS) is 20.1. The third-order valence-electron chi connectivity index (χ3n) is 5.79. The van der Waals surface area contributed by atoms with Crippen LogP contribution in [0.2, 0.25) is 0 Å². The summed E-state index contributed by atoms with van der Waals surface area (Å²) >= 11 is 1.87. The summed E-state index contributed by atoms with van der Waals surface area (Å²) in [5.41, 5.74) is 5.75. The molecule has 1 aliphatic carbocycles. The third-order valence-corrected chi connectivity index (χ3v) is 6.97. The lowest BCUT2D eigenvalue weighted by molar-refractivity contribution is 0.108. The number of thiazole rings is 1. The molecule has 0 N–H and O–H groups in total. The summed E-state index contributed by atoms with van der Waals surface area (Å²) in [5, 5.41) is 1.31. The number of fused-ring (bicyclic) bond motifs is 1. The first kappa shape index (κ1) is 17.6. The highest BCUT2D eigenvalue weighted by atomic mass is 32.1. The van der Waals surface area contributed by atoms with Crippen LogP contribution >= 0.6 is 11.3 Å². The van der Waals surface area contributed by atoms with E-state index in [-0.39, 0.29) is 0 Å². The Morgan fingerprint density at radius 3 is 2.54 bits per heavy atom. The van der Waals surface area contributed by atoms with Gasteiger partial charge in [0.15, 0.2) is 0 Å². The van der Waals surface area contributed by atoms with Crippen LogP contribution in [0, 0.1) is 13.8 Å². The molecule has 2 heterocycles. The number of aryl methyl sites for hydroxylation is 2. The minimum Gasteiger partial charge on any atom is -0.301 e. The maximum atomic E-state index is 4.93. The quantitative estimate of drug-likeness (QED) is 0.606. The molecule has 26 heavy (non-hydrogen) atoms. The van der Waals surface area contributed by atoms with Gasteiger partial charge in [0.2, 0.25) is 0 Å². The van der Waals surface area contributed by atoms with E-state index in [1.165, 1.54) is 33.7 Å². The number of aromatic nitrogens is 2. The van der Waals surface area contributed by atoms with Crippen molar-refractivity contribution in [3.8, 4) is 11.1 Å². The average Bonchev–Trinajstić information content (AvgIpc) is 2.95. The summed E-state index contributed by atoms with van der Waals surface area (Å²) in [5.74, 6) is 0.629. The summed E-state index contributed by atoms with van der Waals surface area (Å²) in [7, 11) is 2.24. The lowest BCUT2D eigenvalue weighted by atomic mass is 9.79. The molecule has 1 aromatic carbocycles. The molecule has 2 aromatic heterocycles. The van der Waals surface area contributed by atoms with Crippen molar-refractivity contribution in [3.05, 3.63) is 46.7 Å². The molecule has 0 bridgehead atoms. The maximum absolute atomic E-state index is 4.93. The van der Waals surface area contributed by atoms with Crippen LogP contribution < -0.4 is 0 Å². The molecule has 0 unspecified atom stereocenters. The Labute approximate surface area is 160 Å². The Morgan fingerprint density at radius 2 is 1.85 bits per heavy atom. The Hall–Kier alpha value is -1.78. The number of benzene rings is 1. The van der Waals surface area contributed by atoms with Crippen molar-refractivity contribution in [2.75, 3.05) is 7.05 Å². The first-order valence-electron chi connectivity index (χ1n) is 9.49. The summed E-state index contributed by atoms with van der Waals surface area (Å²) in [6.07, 6.45) is 2.48. The van der Waals surface area contributed by atoms with Crippen molar-refractivity contribution in [1.82, 2.24) is 14.9 Å². The molecule has 1 saturated carbocycles. The van der Waals surface area contributed by atoms with Crippen molar-refractivity contribution >= 4 is 21.6 Å². The van der Waals surface area contributed by atoms with E-state index in [1.807, 2.05) is 18.3 Å². The largest absolute Gasteiger partial charge is 0.301 e. The van der Waals surface area contributed by atoms with Gasteiger partial charge in [-0.1, -0.05) is 12.1 Å². The van der Waals surface area contributed by atoms with Crippen LogP contribution in [0.4, 0.5) is 0 Å². The average molecular weight is 366 g/mol. The van der Waals surface area contributed by atoms with Gasteiger partial charge in [-0.2, -0.15) is 0 Å². The number of hydrogen-bond acceptors (Lipinski definition) is 4. The second-order valence-electron chi connectivity index (χ2n) is 7.90. The van der Waals surface area contributed by atoms with E-state index in [0.717, 1.165) is 16.9 Å². The SMILES string of the molecule is Cc1ccc(-c2ccc3nc([C@H]4C[C@H](N(C)C(C)C)C4)sc3c2)c(C)n1. The highest BCUT2D eigenvalue weighted by molar-refractivity contribution is 7.18. The molecule has 0 radical (unpaired) electrons. The van der Waals surface area contributed by atoms with Gasteiger partial charge in [-0.05, 0) is 71.3 Å². The Balaban J connectivity index is 1.57. The molecule has 1 fully saturated rings. The second kappa shape index (κ2) is 6.75. The molecule has 136 valence electrons. The zero-order valence-corrected chi connectivity index (χ0v) is 17.1. The van der Waals surface area contributed by atoms with Crippen LogP contribution in [0.25, 0.3) is 21.3 Å². The molecular weight excluding hydrogens is 338 g/mol. The van der Waals surface area contributed by atoms with E-state index in [4.69, 9.17) is 4.98 Å². The smallest absolute Gasteiger partial charge is 0.0970 e. The van der Waals surface area contributed by atoms with Crippen LogP contribution in [0.15, 0.2) is 30.3 Å². The maximum Gasteiger partial charge on any atom is 0.0970 e. The minimum atomic E-state index is 0.616. The van der Waals surface area contributed by atoms with Crippen molar-refractivity contribution in [3.63, 3.8) is 0 Å². The Bertz CT molecular complexity index is 938. The molecule has 1 aliphatic rings. The predicted octanol–water partition coefficient (Wildman–Crippen LogP) is 5.56. The Morgan fingerprint density at radius 1 is 1.08 bits per heavy atom.